The number of hydrogen-bond donors (Lipinski definition) is 1. The number of benzene rings is 2. The predicted octanol–water partition coefficient (Wildman–Crippen LogP) is 3.68. The van der Waals surface area contributed by atoms with Gasteiger partial charge in [0.25, 0.3) is 0 Å². The van der Waals surface area contributed by atoms with E-state index in [0.717, 1.165) is 29.8 Å². The first-order valence-corrected chi connectivity index (χ1v) is 7.31. The summed E-state index contributed by atoms with van der Waals surface area (Å²) < 4.78 is 5.84. The molecule has 4 heteroatoms. The minimum atomic E-state index is 0.650. The van der Waals surface area contributed by atoms with E-state index < -0.39 is 0 Å². The third-order valence-corrected chi connectivity index (χ3v) is 3.98. The second kappa shape index (κ2) is 4.81. The molecule has 1 aliphatic rings. The lowest BCUT2D eigenvalue weighted by Gasteiger charge is -2.17. The molecule has 4 rings (SSSR count). The highest BCUT2D eigenvalue weighted by molar-refractivity contribution is 5.79. The van der Waals surface area contributed by atoms with E-state index in [4.69, 9.17) is 10.2 Å². The topological polar surface area (TPSA) is 55.3 Å². The fraction of sp³-hybridized carbons (Fsp3) is 0.235. The number of rotatable bonds is 2. The molecule has 2 aromatic carbocycles. The van der Waals surface area contributed by atoms with E-state index in [2.05, 4.69) is 28.1 Å². The summed E-state index contributed by atoms with van der Waals surface area (Å²) in [5.74, 6) is 0.650. The molecular weight excluding hydrogens is 262 g/mol. The van der Waals surface area contributed by atoms with E-state index in [0.29, 0.717) is 11.6 Å². The molecule has 0 aliphatic carbocycles. The van der Waals surface area contributed by atoms with E-state index in [-0.39, 0.29) is 0 Å². The van der Waals surface area contributed by atoms with Gasteiger partial charge in [0.15, 0.2) is 5.58 Å². The number of nitrogens with two attached hydrogens (primary N) is 1. The monoisotopic (exact) mass is 279 g/mol. The number of anilines is 2. The molecule has 0 saturated carbocycles. The van der Waals surface area contributed by atoms with Crippen LogP contribution in [0.5, 0.6) is 0 Å². The fourth-order valence-corrected chi connectivity index (χ4v) is 2.88. The normalized spacial score (nSPS) is 15.0. The first-order chi connectivity index (χ1) is 10.3. The summed E-state index contributed by atoms with van der Waals surface area (Å²) in [5, 5.41) is 0. The Morgan fingerprint density at radius 2 is 1.90 bits per heavy atom. The van der Waals surface area contributed by atoms with Crippen LogP contribution < -0.4 is 10.6 Å². The van der Waals surface area contributed by atoms with Crippen molar-refractivity contribution in [3.63, 3.8) is 0 Å². The van der Waals surface area contributed by atoms with Crippen molar-refractivity contribution >= 4 is 22.5 Å². The Hall–Kier alpha value is -2.49. The smallest absolute Gasteiger partial charge is 0.227 e. The largest absolute Gasteiger partial charge is 0.436 e. The minimum absolute atomic E-state index is 0.650. The lowest BCUT2D eigenvalue weighted by Crippen LogP contribution is -2.17. The summed E-state index contributed by atoms with van der Waals surface area (Å²) in [6.45, 7) is 2.26. The molecule has 0 amide bonds. The van der Waals surface area contributed by atoms with Crippen LogP contribution in [0, 0.1) is 0 Å². The Labute approximate surface area is 123 Å². The van der Waals surface area contributed by atoms with Crippen molar-refractivity contribution in [3.8, 4) is 11.5 Å². The predicted molar refractivity (Wildman–Crippen MR) is 85.3 cm³/mol. The molecule has 0 spiro atoms. The molecule has 1 saturated heterocycles. The molecule has 4 nitrogen and oxygen atoms in total. The summed E-state index contributed by atoms with van der Waals surface area (Å²) in [6, 6.07) is 13.9. The molecule has 2 N–H and O–H groups in total. The van der Waals surface area contributed by atoms with E-state index in [1.807, 2.05) is 24.3 Å². The van der Waals surface area contributed by atoms with Gasteiger partial charge >= 0.3 is 0 Å². The molecule has 1 fully saturated rings. The van der Waals surface area contributed by atoms with Crippen molar-refractivity contribution in [2.75, 3.05) is 23.7 Å². The quantitative estimate of drug-likeness (QED) is 0.727. The maximum absolute atomic E-state index is 5.84. The van der Waals surface area contributed by atoms with Gasteiger partial charge < -0.3 is 15.1 Å². The van der Waals surface area contributed by atoms with Crippen molar-refractivity contribution in [3.05, 3.63) is 42.5 Å². The number of fused-ring (bicyclic) bond motifs is 1. The van der Waals surface area contributed by atoms with Crippen molar-refractivity contribution in [1.82, 2.24) is 4.98 Å². The van der Waals surface area contributed by atoms with Gasteiger partial charge in [-0.25, -0.2) is 4.98 Å². The lowest BCUT2D eigenvalue weighted by molar-refractivity contribution is 0.620. The minimum Gasteiger partial charge on any atom is -0.436 e. The lowest BCUT2D eigenvalue weighted by atomic mass is 10.2. The van der Waals surface area contributed by atoms with Gasteiger partial charge in [0.05, 0.1) is 0 Å². The molecular formula is C17H17N3O. The maximum atomic E-state index is 5.84. The average molecular weight is 279 g/mol. The standard InChI is InChI=1S/C17H17N3O/c18-13-6-7-16-15(11-13)19-17(21-16)12-4-3-5-14(10-12)20-8-1-2-9-20/h3-7,10-11H,1-2,8-9,18H2. The number of nitrogens with zero attached hydrogens (tertiary/aromatic N) is 2. The summed E-state index contributed by atoms with van der Waals surface area (Å²) in [7, 11) is 0. The zero-order valence-corrected chi connectivity index (χ0v) is 11.7. The first kappa shape index (κ1) is 12.3. The summed E-state index contributed by atoms with van der Waals surface area (Å²) in [4.78, 5) is 6.95. The summed E-state index contributed by atoms with van der Waals surface area (Å²) in [6.07, 6.45) is 2.54. The van der Waals surface area contributed by atoms with Crippen LogP contribution in [0.3, 0.4) is 0 Å². The van der Waals surface area contributed by atoms with Gasteiger partial charge in [0, 0.05) is 30.0 Å². The molecule has 21 heavy (non-hydrogen) atoms. The fourth-order valence-electron chi connectivity index (χ4n) is 2.88. The molecule has 2 heterocycles. The molecule has 106 valence electrons. The van der Waals surface area contributed by atoms with Crippen LogP contribution in [0.4, 0.5) is 11.4 Å². The molecule has 1 aliphatic heterocycles. The molecule has 0 unspecified atom stereocenters. The third-order valence-electron chi connectivity index (χ3n) is 3.98. The average Bonchev–Trinajstić information content (AvgIpc) is 3.16. The van der Waals surface area contributed by atoms with Gasteiger partial charge in [-0.15, -0.1) is 0 Å². The molecule has 0 radical (unpaired) electrons. The number of nitrogen functional groups attached to an aromatic ring is 1. The van der Waals surface area contributed by atoms with Crippen LogP contribution >= 0.6 is 0 Å². The highest BCUT2D eigenvalue weighted by Crippen LogP contribution is 2.29. The van der Waals surface area contributed by atoms with Crippen molar-refractivity contribution in [2.24, 2.45) is 0 Å². The van der Waals surface area contributed by atoms with Crippen molar-refractivity contribution in [1.29, 1.82) is 0 Å². The summed E-state index contributed by atoms with van der Waals surface area (Å²) >= 11 is 0. The SMILES string of the molecule is Nc1ccc2oc(-c3cccc(N4CCCC4)c3)nc2c1. The van der Waals surface area contributed by atoms with E-state index in [9.17, 15) is 0 Å². The van der Waals surface area contributed by atoms with Gasteiger partial charge in [0.1, 0.15) is 5.52 Å². The molecule has 1 aromatic heterocycles. The second-order valence-electron chi connectivity index (χ2n) is 5.49. The molecule has 0 atom stereocenters. The summed E-state index contributed by atoms with van der Waals surface area (Å²) in [5.41, 5.74) is 10.3. The zero-order valence-electron chi connectivity index (χ0n) is 11.7. The van der Waals surface area contributed by atoms with Crippen LogP contribution in [0.2, 0.25) is 0 Å². The van der Waals surface area contributed by atoms with Gasteiger partial charge in [-0.05, 0) is 49.2 Å². The Morgan fingerprint density at radius 1 is 1.05 bits per heavy atom. The number of oxazole rings is 1. The Bertz CT molecular complexity index is 788. The van der Waals surface area contributed by atoms with Crippen LogP contribution in [0.15, 0.2) is 46.9 Å². The third kappa shape index (κ3) is 2.23. The Kier molecular flexibility index (Phi) is 2.81. The van der Waals surface area contributed by atoms with Gasteiger partial charge in [-0.3, -0.25) is 0 Å². The highest BCUT2D eigenvalue weighted by Gasteiger charge is 2.14. The van der Waals surface area contributed by atoms with Gasteiger partial charge in [0.2, 0.25) is 5.89 Å². The van der Waals surface area contributed by atoms with Crippen LogP contribution in [0.25, 0.3) is 22.6 Å². The van der Waals surface area contributed by atoms with Crippen LogP contribution in [0.1, 0.15) is 12.8 Å². The van der Waals surface area contributed by atoms with E-state index >= 15 is 0 Å². The van der Waals surface area contributed by atoms with Gasteiger partial charge in [-0.2, -0.15) is 0 Å². The second-order valence-corrected chi connectivity index (χ2v) is 5.49. The number of hydrogen-bond acceptors (Lipinski definition) is 4. The number of aromatic nitrogens is 1. The van der Waals surface area contributed by atoms with Crippen molar-refractivity contribution in [2.45, 2.75) is 12.8 Å². The molecule has 3 aromatic rings. The highest BCUT2D eigenvalue weighted by atomic mass is 16.3. The van der Waals surface area contributed by atoms with Gasteiger partial charge in [-0.1, -0.05) is 6.07 Å². The maximum Gasteiger partial charge on any atom is 0.227 e. The van der Waals surface area contributed by atoms with E-state index in [1.54, 1.807) is 0 Å². The Balaban J connectivity index is 1.75. The zero-order chi connectivity index (χ0) is 14.2. The van der Waals surface area contributed by atoms with Crippen LogP contribution in [-0.4, -0.2) is 18.1 Å². The Morgan fingerprint density at radius 3 is 2.76 bits per heavy atom. The van der Waals surface area contributed by atoms with E-state index in [1.165, 1.54) is 18.5 Å². The van der Waals surface area contributed by atoms with Crippen LogP contribution in [-0.2, 0) is 0 Å². The van der Waals surface area contributed by atoms with Crippen molar-refractivity contribution < 1.29 is 4.42 Å². The first-order valence-electron chi connectivity index (χ1n) is 7.31. The molecule has 0 bridgehead atoms.